The zero-order valence-electron chi connectivity index (χ0n) is 13.8. The van der Waals surface area contributed by atoms with E-state index in [-0.39, 0.29) is 0 Å². The molecular formula is C17H14N8O. The Morgan fingerprint density at radius 1 is 1.15 bits per heavy atom. The summed E-state index contributed by atoms with van der Waals surface area (Å²) in [7, 11) is 1.57. The number of fused-ring (bicyclic) bond motifs is 1. The van der Waals surface area contributed by atoms with Crippen LogP contribution in [0.5, 0.6) is 5.88 Å². The molecule has 26 heavy (non-hydrogen) atoms. The van der Waals surface area contributed by atoms with E-state index in [1.54, 1.807) is 42.7 Å². The Morgan fingerprint density at radius 3 is 2.88 bits per heavy atom. The lowest BCUT2D eigenvalue weighted by atomic mass is 10.3. The van der Waals surface area contributed by atoms with Gasteiger partial charge in [0.15, 0.2) is 17.3 Å². The zero-order valence-corrected chi connectivity index (χ0v) is 13.8. The van der Waals surface area contributed by atoms with E-state index in [2.05, 4.69) is 35.6 Å². The van der Waals surface area contributed by atoms with E-state index in [4.69, 9.17) is 4.74 Å². The summed E-state index contributed by atoms with van der Waals surface area (Å²) in [5, 5.41) is 9.30. The number of hydrogen-bond donors (Lipinski definition) is 1. The fourth-order valence-electron chi connectivity index (χ4n) is 2.35. The average molecular weight is 346 g/mol. The third-order valence-electron chi connectivity index (χ3n) is 3.59. The second-order valence-corrected chi connectivity index (χ2v) is 5.20. The first-order valence-corrected chi connectivity index (χ1v) is 7.74. The predicted octanol–water partition coefficient (Wildman–Crippen LogP) is 2.06. The van der Waals surface area contributed by atoms with Gasteiger partial charge in [-0.3, -0.25) is 10.4 Å². The molecule has 4 aromatic heterocycles. The maximum absolute atomic E-state index is 5.16. The summed E-state index contributed by atoms with van der Waals surface area (Å²) in [5.74, 6) is 1.65. The molecule has 128 valence electrons. The molecule has 0 fully saturated rings. The van der Waals surface area contributed by atoms with Crippen molar-refractivity contribution in [3.8, 4) is 11.7 Å². The Bertz CT molecular complexity index is 1060. The average Bonchev–Trinajstić information content (AvgIpc) is 3.14. The molecule has 0 atom stereocenters. The third kappa shape index (κ3) is 3.05. The van der Waals surface area contributed by atoms with Crippen LogP contribution in [0.4, 0.5) is 5.82 Å². The minimum Gasteiger partial charge on any atom is -0.481 e. The van der Waals surface area contributed by atoms with Crippen LogP contribution in [-0.2, 0) is 0 Å². The van der Waals surface area contributed by atoms with Crippen LogP contribution in [0.15, 0.2) is 60.4 Å². The van der Waals surface area contributed by atoms with Gasteiger partial charge >= 0.3 is 0 Å². The molecule has 0 saturated carbocycles. The number of nitrogens with zero attached hydrogens (tertiary/aromatic N) is 7. The maximum Gasteiger partial charge on any atom is 0.214 e. The van der Waals surface area contributed by atoms with E-state index in [9.17, 15) is 0 Å². The number of methoxy groups -OCH3 is 1. The lowest BCUT2D eigenvalue weighted by Crippen LogP contribution is -2.02. The van der Waals surface area contributed by atoms with Gasteiger partial charge in [-0.05, 0) is 23.8 Å². The summed E-state index contributed by atoms with van der Waals surface area (Å²) in [6.45, 7) is 0. The summed E-state index contributed by atoms with van der Waals surface area (Å²) >= 11 is 0. The Kier molecular flexibility index (Phi) is 4.17. The molecule has 1 N–H and O–H groups in total. The van der Waals surface area contributed by atoms with Crippen molar-refractivity contribution >= 4 is 23.1 Å². The number of nitrogens with one attached hydrogen (secondary N) is 1. The van der Waals surface area contributed by atoms with Crippen molar-refractivity contribution in [2.24, 2.45) is 5.10 Å². The number of ether oxygens (including phenoxy) is 1. The molecular weight excluding hydrogens is 332 g/mol. The van der Waals surface area contributed by atoms with Gasteiger partial charge in [-0.25, -0.2) is 9.97 Å². The van der Waals surface area contributed by atoms with E-state index in [0.717, 1.165) is 10.9 Å². The molecule has 0 unspecified atom stereocenters. The van der Waals surface area contributed by atoms with Crippen molar-refractivity contribution < 1.29 is 4.74 Å². The fraction of sp³-hybridized carbons (Fsp3) is 0.0588. The molecule has 4 heterocycles. The topological polar surface area (TPSA) is 103 Å². The Labute approximate surface area is 148 Å². The molecule has 4 rings (SSSR count). The standard InChI is InChI=1S/C17H14N8O/c1-26-15-4-2-3-14(23-15)25-17-13(10-22-25)16(19-11-20-17)24-21-9-12-5-7-18-8-6-12/h2-11H,1H3,(H,19,20,24). The second-order valence-electron chi connectivity index (χ2n) is 5.20. The summed E-state index contributed by atoms with van der Waals surface area (Å²) in [4.78, 5) is 16.9. The molecule has 0 aliphatic heterocycles. The van der Waals surface area contributed by atoms with Crippen LogP contribution in [0.3, 0.4) is 0 Å². The molecule has 4 aromatic rings. The Morgan fingerprint density at radius 2 is 2.04 bits per heavy atom. The Hall–Kier alpha value is -3.88. The highest BCUT2D eigenvalue weighted by molar-refractivity contribution is 5.87. The van der Waals surface area contributed by atoms with Crippen LogP contribution in [0.25, 0.3) is 16.9 Å². The largest absolute Gasteiger partial charge is 0.481 e. The van der Waals surface area contributed by atoms with Gasteiger partial charge in [0.2, 0.25) is 5.88 Å². The van der Waals surface area contributed by atoms with Crippen molar-refractivity contribution in [2.75, 3.05) is 12.5 Å². The number of pyridine rings is 2. The maximum atomic E-state index is 5.16. The number of anilines is 1. The van der Waals surface area contributed by atoms with Gasteiger partial charge in [-0.1, -0.05) is 6.07 Å². The first-order chi connectivity index (χ1) is 12.8. The minimum absolute atomic E-state index is 0.500. The first-order valence-electron chi connectivity index (χ1n) is 7.74. The highest BCUT2D eigenvalue weighted by Gasteiger charge is 2.12. The van der Waals surface area contributed by atoms with Gasteiger partial charge in [0.05, 0.1) is 24.9 Å². The molecule has 0 amide bonds. The molecule has 9 nitrogen and oxygen atoms in total. The summed E-state index contributed by atoms with van der Waals surface area (Å²) in [6.07, 6.45) is 8.21. The van der Waals surface area contributed by atoms with E-state index in [1.165, 1.54) is 6.33 Å². The van der Waals surface area contributed by atoms with Crippen LogP contribution in [0.1, 0.15) is 5.56 Å². The third-order valence-corrected chi connectivity index (χ3v) is 3.59. The molecule has 0 saturated heterocycles. The second kappa shape index (κ2) is 6.93. The van der Waals surface area contributed by atoms with Gasteiger partial charge < -0.3 is 4.74 Å². The predicted molar refractivity (Wildman–Crippen MR) is 96.5 cm³/mol. The number of rotatable bonds is 5. The van der Waals surface area contributed by atoms with Crippen LogP contribution >= 0.6 is 0 Å². The number of aromatic nitrogens is 6. The van der Waals surface area contributed by atoms with Gasteiger partial charge in [0, 0.05) is 18.5 Å². The quantitative estimate of drug-likeness (QED) is 0.436. The van der Waals surface area contributed by atoms with Gasteiger partial charge in [-0.15, -0.1) is 0 Å². The van der Waals surface area contributed by atoms with E-state index in [0.29, 0.717) is 23.2 Å². The normalized spacial score (nSPS) is 11.1. The number of hydrazone groups is 1. The van der Waals surface area contributed by atoms with Crippen molar-refractivity contribution in [1.82, 2.24) is 29.7 Å². The lowest BCUT2D eigenvalue weighted by Gasteiger charge is -2.04. The first kappa shape index (κ1) is 15.6. The smallest absolute Gasteiger partial charge is 0.214 e. The summed E-state index contributed by atoms with van der Waals surface area (Å²) in [5.41, 5.74) is 4.46. The van der Waals surface area contributed by atoms with Crippen molar-refractivity contribution in [1.29, 1.82) is 0 Å². The zero-order chi connectivity index (χ0) is 17.8. The molecule has 9 heteroatoms. The molecule has 0 aromatic carbocycles. The van der Waals surface area contributed by atoms with Crippen LogP contribution in [0.2, 0.25) is 0 Å². The molecule has 0 aliphatic rings. The van der Waals surface area contributed by atoms with Crippen LogP contribution < -0.4 is 10.2 Å². The minimum atomic E-state index is 0.500. The van der Waals surface area contributed by atoms with E-state index < -0.39 is 0 Å². The van der Waals surface area contributed by atoms with Crippen molar-refractivity contribution in [3.05, 3.63) is 60.8 Å². The van der Waals surface area contributed by atoms with Gasteiger partial charge in [0.25, 0.3) is 0 Å². The monoisotopic (exact) mass is 346 g/mol. The van der Waals surface area contributed by atoms with Gasteiger partial charge in [0.1, 0.15) is 6.33 Å². The van der Waals surface area contributed by atoms with E-state index in [1.807, 2.05) is 24.3 Å². The van der Waals surface area contributed by atoms with Gasteiger partial charge in [-0.2, -0.15) is 19.9 Å². The van der Waals surface area contributed by atoms with Crippen molar-refractivity contribution in [2.45, 2.75) is 0 Å². The highest BCUT2D eigenvalue weighted by atomic mass is 16.5. The molecule has 0 spiro atoms. The SMILES string of the molecule is COc1cccc(-n2ncc3c(NN=Cc4ccncc4)ncnc32)n1. The fourth-order valence-corrected chi connectivity index (χ4v) is 2.35. The summed E-state index contributed by atoms with van der Waals surface area (Å²) < 4.78 is 6.79. The van der Waals surface area contributed by atoms with E-state index >= 15 is 0 Å². The summed E-state index contributed by atoms with van der Waals surface area (Å²) in [6, 6.07) is 9.14. The van der Waals surface area contributed by atoms with Crippen LogP contribution in [0, 0.1) is 0 Å². The lowest BCUT2D eigenvalue weighted by molar-refractivity contribution is 0.397. The van der Waals surface area contributed by atoms with Crippen LogP contribution in [-0.4, -0.2) is 43.0 Å². The highest BCUT2D eigenvalue weighted by Crippen LogP contribution is 2.21. The molecule has 0 bridgehead atoms. The van der Waals surface area contributed by atoms with Crippen molar-refractivity contribution in [3.63, 3.8) is 0 Å². The molecule has 0 radical (unpaired) electrons. The Balaban J connectivity index is 1.66. The number of hydrogen-bond acceptors (Lipinski definition) is 8. The molecule has 0 aliphatic carbocycles.